The predicted octanol–water partition coefficient (Wildman–Crippen LogP) is 4.94. The summed E-state index contributed by atoms with van der Waals surface area (Å²) >= 11 is 11.5. The van der Waals surface area contributed by atoms with Crippen molar-refractivity contribution in [3.63, 3.8) is 0 Å². The highest BCUT2D eigenvalue weighted by Crippen LogP contribution is 2.51. The standard InChI is InChI=1S/C17H21Cl2F3O4S2/c1-10(2)12-6-7-16(3,20)17(21,22)15(12)28(25,26)9-27(23,24)11-4-5-13(18)14(19)8-11/h4-5,8,10,12,15H,6-7,9H2,1-3H3. The fraction of sp³-hybridized carbons (Fsp3) is 0.647. The number of hydrogen-bond acceptors (Lipinski definition) is 4. The van der Waals surface area contributed by atoms with Crippen molar-refractivity contribution in [3.05, 3.63) is 28.2 Å². The van der Waals surface area contributed by atoms with E-state index in [1.54, 1.807) is 13.8 Å². The minimum atomic E-state index is -4.94. The molecule has 11 heteroatoms. The minimum Gasteiger partial charge on any atom is -0.237 e. The molecule has 3 unspecified atom stereocenters. The van der Waals surface area contributed by atoms with E-state index in [0.717, 1.165) is 18.2 Å². The van der Waals surface area contributed by atoms with Gasteiger partial charge in [0.1, 0.15) is 5.25 Å². The smallest absolute Gasteiger partial charge is 0.237 e. The first-order valence-corrected chi connectivity index (χ1v) is 12.6. The van der Waals surface area contributed by atoms with Crippen LogP contribution in [-0.2, 0) is 19.7 Å². The van der Waals surface area contributed by atoms with Gasteiger partial charge in [-0.25, -0.2) is 30.0 Å². The van der Waals surface area contributed by atoms with E-state index in [9.17, 15) is 30.0 Å². The molecule has 1 saturated carbocycles. The molecule has 0 spiro atoms. The normalized spacial score (nSPS) is 28.5. The molecule has 0 aliphatic heterocycles. The number of hydrogen-bond donors (Lipinski definition) is 0. The van der Waals surface area contributed by atoms with Crippen LogP contribution in [0.15, 0.2) is 23.1 Å². The third-order valence-electron chi connectivity index (χ3n) is 5.20. The Bertz CT molecular complexity index is 961. The molecule has 0 aromatic heterocycles. The van der Waals surface area contributed by atoms with Crippen molar-refractivity contribution in [2.45, 2.75) is 55.3 Å². The Morgan fingerprint density at radius 3 is 2.18 bits per heavy atom. The van der Waals surface area contributed by atoms with E-state index in [4.69, 9.17) is 23.2 Å². The average molecular weight is 481 g/mol. The van der Waals surface area contributed by atoms with Gasteiger partial charge in [0.25, 0.3) is 5.92 Å². The van der Waals surface area contributed by atoms with E-state index in [2.05, 4.69) is 0 Å². The van der Waals surface area contributed by atoms with Gasteiger partial charge in [-0.05, 0) is 49.8 Å². The monoisotopic (exact) mass is 480 g/mol. The molecule has 0 bridgehead atoms. The first kappa shape index (κ1) is 23.8. The van der Waals surface area contributed by atoms with Crippen LogP contribution in [0.3, 0.4) is 0 Å². The maximum atomic E-state index is 14.9. The molecule has 160 valence electrons. The largest absolute Gasteiger partial charge is 0.297 e. The molecule has 0 N–H and O–H groups in total. The molecule has 1 aromatic rings. The maximum absolute atomic E-state index is 14.9. The van der Waals surface area contributed by atoms with Gasteiger partial charge in [-0.1, -0.05) is 37.0 Å². The molecule has 1 aromatic carbocycles. The van der Waals surface area contributed by atoms with Crippen molar-refractivity contribution < 1.29 is 30.0 Å². The van der Waals surface area contributed by atoms with Crippen molar-refractivity contribution in [1.29, 1.82) is 0 Å². The summed E-state index contributed by atoms with van der Waals surface area (Å²) in [4.78, 5) is -0.464. The zero-order valence-corrected chi connectivity index (χ0v) is 18.6. The Balaban J connectivity index is 2.51. The fourth-order valence-electron chi connectivity index (χ4n) is 3.52. The third-order valence-corrected chi connectivity index (χ3v) is 10.9. The van der Waals surface area contributed by atoms with Gasteiger partial charge >= 0.3 is 0 Å². The highest BCUT2D eigenvalue weighted by Gasteiger charge is 2.66. The zero-order valence-electron chi connectivity index (χ0n) is 15.4. The van der Waals surface area contributed by atoms with Gasteiger partial charge in [-0.15, -0.1) is 0 Å². The highest BCUT2D eigenvalue weighted by atomic mass is 35.5. The molecule has 4 nitrogen and oxygen atoms in total. The summed E-state index contributed by atoms with van der Waals surface area (Å²) < 4.78 is 95.1. The van der Waals surface area contributed by atoms with Gasteiger partial charge in [0.15, 0.2) is 30.4 Å². The van der Waals surface area contributed by atoms with E-state index >= 15 is 0 Å². The molecular formula is C17H21Cl2F3O4S2. The van der Waals surface area contributed by atoms with E-state index < -0.39 is 64.8 Å². The van der Waals surface area contributed by atoms with Gasteiger partial charge < -0.3 is 0 Å². The third kappa shape index (κ3) is 4.32. The fourth-order valence-corrected chi connectivity index (χ4v) is 9.00. The van der Waals surface area contributed by atoms with Gasteiger partial charge in [0.2, 0.25) is 0 Å². The minimum absolute atomic E-state index is 0.0513. The second-order valence-corrected chi connectivity index (χ2v) is 13.0. The van der Waals surface area contributed by atoms with Crippen molar-refractivity contribution in [2.75, 3.05) is 5.08 Å². The quantitative estimate of drug-likeness (QED) is 0.598. The summed E-state index contributed by atoms with van der Waals surface area (Å²) in [5.74, 6) is -5.81. The molecule has 1 aliphatic rings. The van der Waals surface area contributed by atoms with Crippen LogP contribution in [-0.4, -0.2) is 38.8 Å². The lowest BCUT2D eigenvalue weighted by Gasteiger charge is -2.45. The summed E-state index contributed by atoms with van der Waals surface area (Å²) in [7, 11) is -9.47. The van der Waals surface area contributed by atoms with Crippen molar-refractivity contribution >= 4 is 42.9 Å². The molecular weight excluding hydrogens is 460 g/mol. The van der Waals surface area contributed by atoms with Gasteiger partial charge in [0.05, 0.1) is 14.9 Å². The lowest BCUT2D eigenvalue weighted by atomic mass is 9.73. The molecule has 2 rings (SSSR count). The van der Waals surface area contributed by atoms with Crippen LogP contribution in [0.5, 0.6) is 0 Å². The second-order valence-electron chi connectivity index (χ2n) is 7.66. The van der Waals surface area contributed by atoms with Gasteiger partial charge in [-0.3, -0.25) is 0 Å². The maximum Gasteiger partial charge on any atom is 0.297 e. The number of halogens is 5. The van der Waals surface area contributed by atoms with E-state index in [1.165, 1.54) is 0 Å². The van der Waals surface area contributed by atoms with Crippen LogP contribution in [0.25, 0.3) is 0 Å². The van der Waals surface area contributed by atoms with Crippen LogP contribution in [0, 0.1) is 11.8 Å². The summed E-state index contributed by atoms with van der Waals surface area (Å²) in [5.41, 5.74) is -3.05. The summed E-state index contributed by atoms with van der Waals surface area (Å²) in [6, 6.07) is 3.15. The topological polar surface area (TPSA) is 68.3 Å². The highest BCUT2D eigenvalue weighted by molar-refractivity contribution is 8.08. The first-order chi connectivity index (χ1) is 12.5. The van der Waals surface area contributed by atoms with Crippen LogP contribution >= 0.6 is 23.2 Å². The second kappa shape index (κ2) is 7.63. The molecule has 3 atom stereocenters. The SMILES string of the molecule is CC(C)C1CCC(C)(F)C(F)(F)C1S(=O)(=O)CS(=O)(=O)c1ccc(Cl)c(Cl)c1. The number of rotatable bonds is 5. The molecule has 0 heterocycles. The number of sulfone groups is 2. The van der Waals surface area contributed by atoms with E-state index in [1.807, 2.05) is 0 Å². The lowest BCUT2D eigenvalue weighted by Crippen LogP contribution is -2.61. The molecule has 1 aliphatic carbocycles. The predicted molar refractivity (Wildman–Crippen MR) is 103 cm³/mol. The number of benzene rings is 1. The molecule has 0 radical (unpaired) electrons. The Hall–Kier alpha value is -0.510. The van der Waals surface area contributed by atoms with Crippen molar-refractivity contribution in [1.82, 2.24) is 0 Å². The Kier molecular flexibility index (Phi) is 6.48. The van der Waals surface area contributed by atoms with Crippen LogP contribution in [0.1, 0.15) is 33.6 Å². The van der Waals surface area contributed by atoms with E-state index in [0.29, 0.717) is 6.92 Å². The Labute approximate surface area is 173 Å². The molecule has 28 heavy (non-hydrogen) atoms. The molecule has 0 amide bonds. The van der Waals surface area contributed by atoms with Gasteiger partial charge in [-0.2, -0.15) is 0 Å². The van der Waals surface area contributed by atoms with Crippen LogP contribution < -0.4 is 0 Å². The zero-order chi connectivity index (χ0) is 21.7. The lowest BCUT2D eigenvalue weighted by molar-refractivity contribution is -0.165. The van der Waals surface area contributed by atoms with Crippen LogP contribution in [0.2, 0.25) is 10.0 Å². The van der Waals surface area contributed by atoms with E-state index in [-0.39, 0.29) is 16.5 Å². The molecule has 1 fully saturated rings. The summed E-state index contributed by atoms with van der Waals surface area (Å²) in [6.45, 7) is 3.76. The average Bonchev–Trinajstić information content (AvgIpc) is 2.50. The van der Waals surface area contributed by atoms with Crippen molar-refractivity contribution in [2.24, 2.45) is 11.8 Å². The van der Waals surface area contributed by atoms with Gasteiger partial charge in [0, 0.05) is 0 Å². The van der Waals surface area contributed by atoms with Crippen molar-refractivity contribution in [3.8, 4) is 0 Å². The van der Waals surface area contributed by atoms with Crippen LogP contribution in [0.4, 0.5) is 13.2 Å². The Morgan fingerprint density at radius 1 is 1.11 bits per heavy atom. The summed E-state index contributed by atoms with van der Waals surface area (Å²) in [6.07, 6.45) is -0.592. The first-order valence-electron chi connectivity index (χ1n) is 8.49. The number of alkyl halides is 3. The summed E-state index contributed by atoms with van der Waals surface area (Å²) in [5, 5.41) is -4.09. The molecule has 0 saturated heterocycles. The Morgan fingerprint density at radius 2 is 1.68 bits per heavy atom.